The van der Waals surface area contributed by atoms with E-state index < -0.39 is 17.6 Å². The van der Waals surface area contributed by atoms with Crippen LogP contribution in [0.25, 0.3) is 0 Å². The van der Waals surface area contributed by atoms with Gasteiger partial charge in [0.1, 0.15) is 5.75 Å². The van der Waals surface area contributed by atoms with Crippen molar-refractivity contribution in [3.8, 4) is 5.75 Å². The van der Waals surface area contributed by atoms with Gasteiger partial charge in [-0.25, -0.2) is 0 Å². The average molecular weight is 409 g/mol. The van der Waals surface area contributed by atoms with Gasteiger partial charge in [0.15, 0.2) is 0 Å². The van der Waals surface area contributed by atoms with Crippen LogP contribution in [0, 0.1) is 0 Å². The van der Waals surface area contributed by atoms with E-state index in [1.165, 1.54) is 19.2 Å². The molecule has 0 saturated carbocycles. The van der Waals surface area contributed by atoms with Crippen LogP contribution in [0.15, 0.2) is 48.5 Å². The van der Waals surface area contributed by atoms with Gasteiger partial charge in [-0.15, -0.1) is 0 Å². The van der Waals surface area contributed by atoms with Crippen LogP contribution >= 0.6 is 0 Å². The third-order valence-corrected chi connectivity index (χ3v) is 4.01. The largest absolute Gasteiger partial charge is 0.497 e. The number of likely N-dealkylation sites (N-methyl/N-ethyl adjacent to an activating group) is 1. The molecule has 0 bridgehead atoms. The number of amides is 2. The summed E-state index contributed by atoms with van der Waals surface area (Å²) in [6.45, 7) is 1.99. The van der Waals surface area contributed by atoms with Crippen LogP contribution in [-0.2, 0) is 15.8 Å². The number of hydrogen-bond acceptors (Lipinski definition) is 4. The van der Waals surface area contributed by atoms with Crippen molar-refractivity contribution < 1.29 is 27.5 Å². The summed E-state index contributed by atoms with van der Waals surface area (Å²) < 4.78 is 43.4. The fourth-order valence-corrected chi connectivity index (χ4v) is 2.56. The number of nitrogens with zero attached hydrogens (tertiary/aromatic N) is 1. The highest BCUT2D eigenvalue weighted by atomic mass is 19.4. The predicted molar refractivity (Wildman–Crippen MR) is 104 cm³/mol. The Kier molecular flexibility index (Phi) is 7.60. The number of rotatable bonds is 8. The van der Waals surface area contributed by atoms with Crippen molar-refractivity contribution in [2.24, 2.45) is 0 Å². The van der Waals surface area contributed by atoms with Crippen molar-refractivity contribution in [3.63, 3.8) is 0 Å². The molecule has 156 valence electrons. The summed E-state index contributed by atoms with van der Waals surface area (Å²) in [5.41, 5.74) is -0.249. The normalized spacial score (nSPS) is 11.2. The second kappa shape index (κ2) is 9.92. The number of ether oxygens (including phenoxy) is 1. The molecule has 6 nitrogen and oxygen atoms in total. The van der Waals surface area contributed by atoms with Crippen LogP contribution in [0.1, 0.15) is 12.5 Å². The van der Waals surface area contributed by atoms with Crippen LogP contribution in [-0.4, -0.2) is 43.5 Å². The predicted octanol–water partition coefficient (Wildman–Crippen LogP) is 3.61. The summed E-state index contributed by atoms with van der Waals surface area (Å²) in [7, 11) is 1.52. The SMILES string of the molecule is CCN(CC(=O)Nc1cccc(OC)c1)CC(=O)Nc1cccc(C(F)(F)F)c1. The van der Waals surface area contributed by atoms with Gasteiger partial charge < -0.3 is 15.4 Å². The fraction of sp³-hybridized carbons (Fsp3) is 0.300. The molecule has 0 aliphatic rings. The van der Waals surface area contributed by atoms with Crippen molar-refractivity contribution in [1.29, 1.82) is 0 Å². The average Bonchev–Trinajstić information content (AvgIpc) is 2.67. The van der Waals surface area contributed by atoms with E-state index in [1.54, 1.807) is 36.1 Å². The van der Waals surface area contributed by atoms with E-state index in [0.717, 1.165) is 12.1 Å². The first kappa shape index (κ1) is 22.2. The Bertz CT molecular complexity index is 856. The number of carbonyl (C=O) groups excluding carboxylic acids is 2. The van der Waals surface area contributed by atoms with E-state index in [-0.39, 0.29) is 24.7 Å². The molecule has 0 heterocycles. The minimum Gasteiger partial charge on any atom is -0.497 e. The number of nitrogens with one attached hydrogen (secondary N) is 2. The second-order valence-corrected chi connectivity index (χ2v) is 6.21. The minimum absolute atomic E-state index is 0.0433. The van der Waals surface area contributed by atoms with Gasteiger partial charge in [0.05, 0.1) is 25.8 Å². The zero-order valence-corrected chi connectivity index (χ0v) is 16.0. The van der Waals surface area contributed by atoms with Gasteiger partial charge >= 0.3 is 6.18 Å². The molecular weight excluding hydrogens is 387 g/mol. The van der Waals surface area contributed by atoms with Crippen LogP contribution in [0.4, 0.5) is 24.5 Å². The summed E-state index contributed by atoms with van der Waals surface area (Å²) in [6.07, 6.45) is -4.49. The maximum atomic E-state index is 12.8. The van der Waals surface area contributed by atoms with Crippen molar-refractivity contribution >= 4 is 23.2 Å². The topological polar surface area (TPSA) is 70.7 Å². The van der Waals surface area contributed by atoms with E-state index >= 15 is 0 Å². The maximum Gasteiger partial charge on any atom is 0.416 e. The second-order valence-electron chi connectivity index (χ2n) is 6.21. The molecular formula is C20H22F3N3O3. The van der Waals surface area contributed by atoms with Crippen LogP contribution in [0.3, 0.4) is 0 Å². The molecule has 0 radical (unpaired) electrons. The molecule has 0 aromatic heterocycles. The van der Waals surface area contributed by atoms with E-state index in [4.69, 9.17) is 4.74 Å². The number of anilines is 2. The number of alkyl halides is 3. The summed E-state index contributed by atoms with van der Waals surface area (Å²) in [5.74, 6) is -0.247. The monoisotopic (exact) mass is 409 g/mol. The summed E-state index contributed by atoms with van der Waals surface area (Å²) in [5, 5.41) is 5.14. The summed E-state index contributed by atoms with van der Waals surface area (Å²) in [4.78, 5) is 26.0. The van der Waals surface area contributed by atoms with Crippen LogP contribution in [0.5, 0.6) is 5.75 Å². The van der Waals surface area contributed by atoms with Crippen molar-refractivity contribution in [2.45, 2.75) is 13.1 Å². The zero-order chi connectivity index (χ0) is 21.4. The highest BCUT2D eigenvalue weighted by Crippen LogP contribution is 2.30. The molecule has 9 heteroatoms. The molecule has 0 unspecified atom stereocenters. The molecule has 0 aliphatic carbocycles. The molecule has 2 aromatic carbocycles. The lowest BCUT2D eigenvalue weighted by Crippen LogP contribution is -2.38. The number of benzene rings is 2. The smallest absolute Gasteiger partial charge is 0.416 e. The Labute approximate surface area is 166 Å². The Morgan fingerprint density at radius 3 is 2.03 bits per heavy atom. The van der Waals surface area contributed by atoms with Gasteiger partial charge in [-0.1, -0.05) is 19.1 Å². The van der Waals surface area contributed by atoms with Crippen LogP contribution in [0.2, 0.25) is 0 Å². The molecule has 0 saturated heterocycles. The molecule has 2 amide bonds. The lowest BCUT2D eigenvalue weighted by Gasteiger charge is -2.19. The molecule has 0 fully saturated rings. The first-order chi connectivity index (χ1) is 13.7. The number of methoxy groups -OCH3 is 1. The number of halogens is 3. The van der Waals surface area contributed by atoms with E-state index in [0.29, 0.717) is 18.0 Å². The highest BCUT2D eigenvalue weighted by Gasteiger charge is 2.30. The molecule has 2 rings (SSSR count). The Balaban J connectivity index is 1.91. The quantitative estimate of drug-likeness (QED) is 0.699. The van der Waals surface area contributed by atoms with Crippen molar-refractivity contribution in [1.82, 2.24) is 4.90 Å². The van der Waals surface area contributed by atoms with Gasteiger partial charge in [-0.3, -0.25) is 14.5 Å². The Hall–Kier alpha value is -3.07. The molecule has 2 aromatic rings. The van der Waals surface area contributed by atoms with Gasteiger partial charge in [0.25, 0.3) is 0 Å². The lowest BCUT2D eigenvalue weighted by atomic mass is 10.2. The molecule has 2 N–H and O–H groups in total. The third-order valence-electron chi connectivity index (χ3n) is 4.01. The first-order valence-corrected chi connectivity index (χ1v) is 8.84. The molecule has 29 heavy (non-hydrogen) atoms. The van der Waals surface area contributed by atoms with Crippen molar-refractivity contribution in [3.05, 3.63) is 54.1 Å². The molecule has 0 aliphatic heterocycles. The summed E-state index contributed by atoms with van der Waals surface area (Å²) >= 11 is 0. The fourth-order valence-electron chi connectivity index (χ4n) is 2.56. The van der Waals surface area contributed by atoms with E-state index in [9.17, 15) is 22.8 Å². The van der Waals surface area contributed by atoms with Gasteiger partial charge in [-0.05, 0) is 36.9 Å². The number of hydrogen-bond donors (Lipinski definition) is 2. The molecule has 0 atom stereocenters. The van der Waals surface area contributed by atoms with Crippen molar-refractivity contribution in [2.75, 3.05) is 37.4 Å². The lowest BCUT2D eigenvalue weighted by molar-refractivity contribution is -0.137. The highest BCUT2D eigenvalue weighted by molar-refractivity contribution is 5.94. The third kappa shape index (κ3) is 7.11. The standard InChI is InChI=1S/C20H22F3N3O3/c1-3-26(13-19(28)25-16-8-5-9-17(11-16)29-2)12-18(27)24-15-7-4-6-14(10-15)20(21,22)23/h4-11H,3,12-13H2,1-2H3,(H,24,27)(H,25,28). The van der Waals surface area contributed by atoms with Gasteiger partial charge in [-0.2, -0.15) is 13.2 Å². The van der Waals surface area contributed by atoms with Gasteiger partial charge in [0.2, 0.25) is 11.8 Å². The summed E-state index contributed by atoms with van der Waals surface area (Å²) in [6, 6.07) is 11.2. The molecule has 0 spiro atoms. The van der Waals surface area contributed by atoms with Gasteiger partial charge in [0, 0.05) is 17.4 Å². The Morgan fingerprint density at radius 2 is 1.52 bits per heavy atom. The Morgan fingerprint density at radius 1 is 0.966 bits per heavy atom. The van der Waals surface area contributed by atoms with Crippen LogP contribution < -0.4 is 15.4 Å². The van der Waals surface area contributed by atoms with E-state index in [2.05, 4.69) is 10.6 Å². The minimum atomic E-state index is -4.49. The maximum absolute atomic E-state index is 12.8. The first-order valence-electron chi connectivity index (χ1n) is 8.84. The zero-order valence-electron chi connectivity index (χ0n) is 16.0. The number of carbonyl (C=O) groups is 2. The van der Waals surface area contributed by atoms with E-state index in [1.807, 2.05) is 0 Å².